The normalized spacial score (nSPS) is 11.2. The SMILES string of the molecule is COc1ccc(C)cc1NC(=O)c1ccc(CN(c2ccc(C)c(C)c2)S(C)(=O)=O)cc1. The smallest absolute Gasteiger partial charge is 0.255 e. The van der Waals surface area contributed by atoms with Gasteiger partial charge in [0.2, 0.25) is 10.0 Å². The monoisotopic (exact) mass is 452 g/mol. The molecule has 0 aromatic heterocycles. The highest BCUT2D eigenvalue weighted by Gasteiger charge is 2.19. The number of ether oxygens (including phenoxy) is 1. The van der Waals surface area contributed by atoms with E-state index in [0.29, 0.717) is 22.7 Å². The zero-order chi connectivity index (χ0) is 23.5. The number of sulfonamides is 1. The average Bonchev–Trinajstić information content (AvgIpc) is 2.74. The van der Waals surface area contributed by atoms with Crippen LogP contribution in [-0.4, -0.2) is 27.7 Å². The van der Waals surface area contributed by atoms with Crippen LogP contribution in [0.15, 0.2) is 60.7 Å². The Kier molecular flexibility index (Phi) is 6.89. The number of carbonyl (C=O) groups excluding carboxylic acids is 1. The first-order valence-corrected chi connectivity index (χ1v) is 12.0. The molecular weight excluding hydrogens is 424 g/mol. The van der Waals surface area contributed by atoms with E-state index < -0.39 is 10.0 Å². The number of hydrogen-bond acceptors (Lipinski definition) is 4. The number of rotatable bonds is 7. The molecule has 1 N–H and O–H groups in total. The number of benzene rings is 3. The van der Waals surface area contributed by atoms with Crippen LogP contribution in [0, 0.1) is 20.8 Å². The summed E-state index contributed by atoms with van der Waals surface area (Å²) in [5.41, 5.74) is 5.58. The van der Waals surface area contributed by atoms with Crippen molar-refractivity contribution < 1.29 is 17.9 Å². The van der Waals surface area contributed by atoms with Crippen LogP contribution in [0.3, 0.4) is 0 Å². The highest BCUT2D eigenvalue weighted by molar-refractivity contribution is 7.92. The summed E-state index contributed by atoms with van der Waals surface area (Å²) in [6.07, 6.45) is 1.19. The Labute approximate surface area is 189 Å². The number of anilines is 2. The Hall–Kier alpha value is -3.32. The summed E-state index contributed by atoms with van der Waals surface area (Å²) in [5.74, 6) is 0.312. The van der Waals surface area contributed by atoms with Gasteiger partial charge in [-0.25, -0.2) is 8.42 Å². The molecule has 168 valence electrons. The van der Waals surface area contributed by atoms with E-state index in [9.17, 15) is 13.2 Å². The lowest BCUT2D eigenvalue weighted by atomic mass is 10.1. The quantitative estimate of drug-likeness (QED) is 0.557. The predicted octanol–water partition coefficient (Wildman–Crippen LogP) is 4.84. The van der Waals surface area contributed by atoms with Gasteiger partial charge in [-0.2, -0.15) is 0 Å². The highest BCUT2D eigenvalue weighted by Crippen LogP contribution is 2.26. The molecule has 0 unspecified atom stereocenters. The van der Waals surface area contributed by atoms with Crippen LogP contribution in [0.4, 0.5) is 11.4 Å². The zero-order valence-corrected chi connectivity index (χ0v) is 19.8. The largest absolute Gasteiger partial charge is 0.495 e. The first kappa shape index (κ1) is 23.3. The van der Waals surface area contributed by atoms with E-state index in [2.05, 4.69) is 5.32 Å². The third-order valence-electron chi connectivity index (χ3n) is 5.32. The van der Waals surface area contributed by atoms with Gasteiger partial charge in [0.15, 0.2) is 0 Å². The van der Waals surface area contributed by atoms with Gasteiger partial charge in [-0.05, 0) is 79.4 Å². The molecule has 0 spiro atoms. The number of carbonyl (C=O) groups is 1. The second-order valence-electron chi connectivity index (χ2n) is 7.89. The van der Waals surface area contributed by atoms with Gasteiger partial charge in [0.25, 0.3) is 5.91 Å². The van der Waals surface area contributed by atoms with E-state index in [1.165, 1.54) is 10.6 Å². The summed E-state index contributed by atoms with van der Waals surface area (Å²) in [7, 11) is -1.93. The van der Waals surface area contributed by atoms with Crippen LogP contribution in [0.5, 0.6) is 5.75 Å². The number of nitrogens with zero attached hydrogens (tertiary/aromatic N) is 1. The standard InChI is InChI=1S/C25H28N2O4S/c1-17-6-13-24(31-4)23(14-17)26-25(28)21-10-8-20(9-11-21)16-27(32(5,29)30)22-12-7-18(2)19(3)15-22/h6-15H,16H2,1-5H3,(H,26,28). The molecule has 3 rings (SSSR count). The van der Waals surface area contributed by atoms with E-state index in [1.54, 1.807) is 43.5 Å². The van der Waals surface area contributed by atoms with Gasteiger partial charge >= 0.3 is 0 Å². The molecule has 6 nitrogen and oxygen atoms in total. The number of nitrogens with one attached hydrogen (secondary N) is 1. The first-order valence-electron chi connectivity index (χ1n) is 10.2. The van der Waals surface area contributed by atoms with Crippen LogP contribution < -0.4 is 14.4 Å². The molecule has 0 atom stereocenters. The lowest BCUT2D eigenvalue weighted by Gasteiger charge is -2.23. The van der Waals surface area contributed by atoms with Crippen molar-refractivity contribution in [1.29, 1.82) is 0 Å². The second kappa shape index (κ2) is 9.44. The molecule has 0 saturated carbocycles. The van der Waals surface area contributed by atoms with Gasteiger partial charge in [-0.3, -0.25) is 9.10 Å². The zero-order valence-electron chi connectivity index (χ0n) is 19.0. The van der Waals surface area contributed by atoms with Crippen molar-refractivity contribution in [2.75, 3.05) is 23.0 Å². The van der Waals surface area contributed by atoms with E-state index in [0.717, 1.165) is 22.3 Å². The summed E-state index contributed by atoms with van der Waals surface area (Å²) >= 11 is 0. The Morgan fingerprint density at radius 2 is 1.62 bits per heavy atom. The highest BCUT2D eigenvalue weighted by atomic mass is 32.2. The van der Waals surface area contributed by atoms with Crippen molar-refractivity contribution in [3.8, 4) is 5.75 Å². The van der Waals surface area contributed by atoms with Crippen molar-refractivity contribution >= 4 is 27.3 Å². The summed E-state index contributed by atoms with van der Waals surface area (Å²) in [4.78, 5) is 12.7. The third kappa shape index (κ3) is 5.48. The van der Waals surface area contributed by atoms with Crippen molar-refractivity contribution in [2.45, 2.75) is 27.3 Å². The first-order chi connectivity index (χ1) is 15.1. The summed E-state index contributed by atoms with van der Waals surface area (Å²) in [5, 5.41) is 2.87. The predicted molar refractivity (Wildman–Crippen MR) is 129 cm³/mol. The van der Waals surface area contributed by atoms with E-state index in [4.69, 9.17) is 4.74 Å². The molecule has 7 heteroatoms. The molecule has 3 aromatic carbocycles. The van der Waals surface area contributed by atoms with Gasteiger partial charge in [0, 0.05) is 5.56 Å². The Morgan fingerprint density at radius 1 is 0.938 bits per heavy atom. The number of amides is 1. The van der Waals surface area contributed by atoms with Crippen molar-refractivity contribution in [1.82, 2.24) is 0 Å². The molecule has 0 aliphatic rings. The van der Waals surface area contributed by atoms with E-state index in [1.807, 2.05) is 45.0 Å². The van der Waals surface area contributed by atoms with Crippen LogP contribution in [0.2, 0.25) is 0 Å². The molecular formula is C25H28N2O4S. The fraction of sp³-hybridized carbons (Fsp3) is 0.240. The maximum absolute atomic E-state index is 12.7. The van der Waals surface area contributed by atoms with E-state index in [-0.39, 0.29) is 12.5 Å². The van der Waals surface area contributed by atoms with Gasteiger partial charge < -0.3 is 10.1 Å². The Balaban J connectivity index is 1.80. The average molecular weight is 453 g/mol. The maximum atomic E-state index is 12.7. The Morgan fingerprint density at radius 3 is 2.22 bits per heavy atom. The van der Waals surface area contributed by atoms with Gasteiger partial charge in [-0.1, -0.05) is 24.3 Å². The van der Waals surface area contributed by atoms with Gasteiger partial charge in [0.1, 0.15) is 5.75 Å². The Bertz CT molecular complexity index is 1240. The molecule has 32 heavy (non-hydrogen) atoms. The van der Waals surface area contributed by atoms with Crippen molar-refractivity contribution in [2.24, 2.45) is 0 Å². The summed E-state index contributed by atoms with van der Waals surface area (Å²) in [6.45, 7) is 6.05. The summed E-state index contributed by atoms with van der Waals surface area (Å²) < 4.78 is 31.6. The molecule has 3 aromatic rings. The number of methoxy groups -OCH3 is 1. The molecule has 0 aliphatic heterocycles. The minimum absolute atomic E-state index is 0.176. The molecule has 1 amide bonds. The third-order valence-corrected chi connectivity index (χ3v) is 6.46. The van der Waals surface area contributed by atoms with Crippen LogP contribution in [0.25, 0.3) is 0 Å². The minimum atomic E-state index is -3.48. The maximum Gasteiger partial charge on any atom is 0.255 e. The van der Waals surface area contributed by atoms with Gasteiger partial charge in [0.05, 0.1) is 31.3 Å². The minimum Gasteiger partial charge on any atom is -0.495 e. The molecule has 0 heterocycles. The topological polar surface area (TPSA) is 75.7 Å². The summed E-state index contributed by atoms with van der Waals surface area (Å²) in [6, 6.07) is 18.1. The molecule has 0 fully saturated rings. The lowest BCUT2D eigenvalue weighted by molar-refractivity contribution is 0.102. The molecule has 0 bridgehead atoms. The van der Waals surface area contributed by atoms with Crippen LogP contribution in [-0.2, 0) is 16.6 Å². The number of aryl methyl sites for hydroxylation is 3. The second-order valence-corrected chi connectivity index (χ2v) is 9.80. The fourth-order valence-corrected chi connectivity index (χ4v) is 4.20. The fourth-order valence-electron chi connectivity index (χ4n) is 3.32. The molecule has 0 saturated heterocycles. The van der Waals surface area contributed by atoms with Crippen LogP contribution >= 0.6 is 0 Å². The van der Waals surface area contributed by atoms with E-state index >= 15 is 0 Å². The molecule has 0 radical (unpaired) electrons. The molecule has 0 aliphatic carbocycles. The van der Waals surface area contributed by atoms with Crippen LogP contribution in [0.1, 0.15) is 32.6 Å². The van der Waals surface area contributed by atoms with Crippen molar-refractivity contribution in [3.05, 3.63) is 88.5 Å². The number of hydrogen-bond donors (Lipinski definition) is 1. The van der Waals surface area contributed by atoms with Crippen molar-refractivity contribution in [3.63, 3.8) is 0 Å². The lowest BCUT2D eigenvalue weighted by Crippen LogP contribution is -2.29. The van der Waals surface area contributed by atoms with Gasteiger partial charge in [-0.15, -0.1) is 0 Å².